The van der Waals surface area contributed by atoms with Crippen LogP contribution >= 0.6 is 11.6 Å². The van der Waals surface area contributed by atoms with Crippen LogP contribution in [0.5, 0.6) is 0 Å². The van der Waals surface area contributed by atoms with Crippen LogP contribution in [-0.2, 0) is 19.6 Å². The summed E-state index contributed by atoms with van der Waals surface area (Å²) in [5.74, 6) is -1.40. The molecule has 30 heavy (non-hydrogen) atoms. The molecular formula is C21H25ClN2O5S. The Kier molecular flexibility index (Phi) is 8.00. The number of halogens is 1. The predicted molar refractivity (Wildman–Crippen MR) is 116 cm³/mol. The minimum atomic E-state index is -3.78. The van der Waals surface area contributed by atoms with Gasteiger partial charge in [0.1, 0.15) is 0 Å². The Morgan fingerprint density at radius 3 is 2.37 bits per heavy atom. The highest BCUT2D eigenvalue weighted by Gasteiger charge is 2.26. The molecule has 7 nitrogen and oxygen atoms in total. The van der Waals surface area contributed by atoms with Crippen LogP contribution in [0.15, 0.2) is 47.4 Å². The lowest BCUT2D eigenvalue weighted by Crippen LogP contribution is -2.31. The fourth-order valence-electron chi connectivity index (χ4n) is 2.76. The van der Waals surface area contributed by atoms with Crippen molar-refractivity contribution in [1.82, 2.24) is 4.31 Å². The molecule has 1 atom stereocenters. The maximum absolute atomic E-state index is 12.7. The smallest absolute Gasteiger partial charge is 0.340 e. The van der Waals surface area contributed by atoms with Crippen LogP contribution in [0.2, 0.25) is 5.02 Å². The highest BCUT2D eigenvalue weighted by atomic mass is 35.5. The Hall–Kier alpha value is -2.42. The van der Waals surface area contributed by atoms with E-state index in [0.29, 0.717) is 5.69 Å². The number of ether oxygens (including phenoxy) is 1. The van der Waals surface area contributed by atoms with Crippen LogP contribution in [0, 0.1) is 6.92 Å². The van der Waals surface area contributed by atoms with Gasteiger partial charge in [-0.1, -0.05) is 43.6 Å². The second-order valence-corrected chi connectivity index (χ2v) is 8.93. The monoisotopic (exact) mass is 452 g/mol. The van der Waals surface area contributed by atoms with Gasteiger partial charge in [-0.15, -0.1) is 0 Å². The second kappa shape index (κ2) is 10.1. The van der Waals surface area contributed by atoms with Gasteiger partial charge in [0.15, 0.2) is 6.10 Å². The third-order valence-corrected chi connectivity index (χ3v) is 6.93. The van der Waals surface area contributed by atoms with E-state index in [-0.39, 0.29) is 28.6 Å². The fourth-order valence-corrected chi connectivity index (χ4v) is 4.44. The third-order valence-electron chi connectivity index (χ3n) is 4.56. The maximum atomic E-state index is 12.7. The first kappa shape index (κ1) is 23.9. The van der Waals surface area contributed by atoms with Crippen molar-refractivity contribution in [3.63, 3.8) is 0 Å². The fraction of sp³-hybridized carbons (Fsp3) is 0.333. The second-order valence-electron chi connectivity index (χ2n) is 6.58. The minimum absolute atomic E-state index is 0.0324. The zero-order valence-electron chi connectivity index (χ0n) is 17.3. The van der Waals surface area contributed by atoms with Crippen molar-refractivity contribution in [3.05, 3.63) is 58.6 Å². The summed E-state index contributed by atoms with van der Waals surface area (Å²) < 4.78 is 31.9. The molecule has 2 aromatic rings. The van der Waals surface area contributed by atoms with E-state index >= 15 is 0 Å². The molecule has 0 fully saturated rings. The van der Waals surface area contributed by atoms with Gasteiger partial charge in [-0.25, -0.2) is 13.2 Å². The maximum Gasteiger partial charge on any atom is 0.340 e. The number of para-hydroxylation sites is 1. The number of aryl methyl sites for hydroxylation is 1. The summed E-state index contributed by atoms with van der Waals surface area (Å²) in [5, 5.41) is 2.73. The van der Waals surface area contributed by atoms with Crippen LogP contribution in [-0.4, -0.2) is 43.8 Å². The zero-order valence-corrected chi connectivity index (χ0v) is 18.9. The van der Waals surface area contributed by atoms with E-state index in [1.165, 1.54) is 29.4 Å². The number of anilines is 1. The van der Waals surface area contributed by atoms with E-state index < -0.39 is 28.0 Å². The molecule has 0 bridgehead atoms. The van der Waals surface area contributed by atoms with E-state index in [1.807, 2.05) is 19.1 Å². The van der Waals surface area contributed by atoms with E-state index in [0.717, 1.165) is 5.56 Å². The molecule has 0 heterocycles. The molecule has 0 unspecified atom stereocenters. The van der Waals surface area contributed by atoms with Crippen molar-refractivity contribution >= 4 is 39.2 Å². The average Bonchev–Trinajstić information content (AvgIpc) is 2.70. The van der Waals surface area contributed by atoms with Gasteiger partial charge >= 0.3 is 5.97 Å². The van der Waals surface area contributed by atoms with Gasteiger partial charge in [0.2, 0.25) is 10.0 Å². The molecule has 0 aliphatic carbocycles. The van der Waals surface area contributed by atoms with Crippen molar-refractivity contribution in [2.45, 2.75) is 38.7 Å². The van der Waals surface area contributed by atoms with Crippen LogP contribution < -0.4 is 5.32 Å². The van der Waals surface area contributed by atoms with Gasteiger partial charge in [-0.2, -0.15) is 4.31 Å². The number of sulfonamides is 1. The molecule has 1 amide bonds. The van der Waals surface area contributed by atoms with E-state index in [1.54, 1.807) is 26.0 Å². The van der Waals surface area contributed by atoms with Crippen LogP contribution in [0.4, 0.5) is 5.69 Å². The van der Waals surface area contributed by atoms with Crippen molar-refractivity contribution in [2.24, 2.45) is 0 Å². The normalized spacial score (nSPS) is 12.5. The number of carbonyl (C=O) groups is 2. The number of nitrogens with zero attached hydrogens (tertiary/aromatic N) is 1. The molecule has 2 aromatic carbocycles. The molecule has 0 spiro atoms. The number of hydrogen-bond donors (Lipinski definition) is 1. The summed E-state index contributed by atoms with van der Waals surface area (Å²) >= 11 is 6.09. The molecule has 9 heteroatoms. The Morgan fingerprint density at radius 2 is 1.77 bits per heavy atom. The molecule has 0 aliphatic heterocycles. The Morgan fingerprint density at radius 1 is 1.13 bits per heavy atom. The number of esters is 1. The molecule has 0 aliphatic rings. The Balaban J connectivity index is 2.20. The van der Waals surface area contributed by atoms with E-state index in [2.05, 4.69) is 5.32 Å². The van der Waals surface area contributed by atoms with Gasteiger partial charge in [0, 0.05) is 18.8 Å². The van der Waals surface area contributed by atoms with Crippen molar-refractivity contribution in [1.29, 1.82) is 0 Å². The molecular weight excluding hydrogens is 428 g/mol. The summed E-state index contributed by atoms with van der Waals surface area (Å²) in [4.78, 5) is 24.9. The first-order chi connectivity index (χ1) is 14.1. The van der Waals surface area contributed by atoms with Crippen LogP contribution in [0.3, 0.4) is 0 Å². The number of carbonyl (C=O) groups excluding carboxylic acids is 2. The standard InChI is InChI=1S/C21H25ClN2O5S/c1-5-24(6-2)30(27,28)16-11-12-18(22)17(13-16)21(26)29-15(4)20(25)23-19-10-8-7-9-14(19)3/h7-13,15H,5-6H2,1-4H3,(H,23,25)/t15-/m1/s1. The Bertz CT molecular complexity index is 1040. The average molecular weight is 453 g/mol. The summed E-state index contributed by atoms with van der Waals surface area (Å²) in [6.45, 7) is 7.29. The van der Waals surface area contributed by atoms with Crippen molar-refractivity contribution in [2.75, 3.05) is 18.4 Å². The number of hydrogen-bond acceptors (Lipinski definition) is 5. The van der Waals surface area contributed by atoms with Gasteiger partial charge < -0.3 is 10.1 Å². The van der Waals surface area contributed by atoms with Gasteiger partial charge in [0.25, 0.3) is 5.91 Å². The van der Waals surface area contributed by atoms with Gasteiger partial charge in [0.05, 0.1) is 15.5 Å². The molecule has 0 saturated carbocycles. The topological polar surface area (TPSA) is 92.8 Å². The first-order valence-electron chi connectivity index (χ1n) is 9.49. The molecule has 0 aromatic heterocycles. The lowest BCUT2D eigenvalue weighted by atomic mass is 10.2. The number of rotatable bonds is 8. The highest BCUT2D eigenvalue weighted by Crippen LogP contribution is 2.24. The summed E-state index contributed by atoms with van der Waals surface area (Å²) in [7, 11) is -3.78. The summed E-state index contributed by atoms with van der Waals surface area (Å²) in [5.41, 5.74) is 1.35. The predicted octanol–water partition coefficient (Wildman–Crippen LogP) is 3.86. The van der Waals surface area contributed by atoms with E-state index in [4.69, 9.17) is 16.3 Å². The quantitative estimate of drug-likeness (QED) is 0.614. The lowest BCUT2D eigenvalue weighted by molar-refractivity contribution is -0.123. The molecule has 0 saturated heterocycles. The number of nitrogens with one attached hydrogen (secondary N) is 1. The van der Waals surface area contributed by atoms with Crippen LogP contribution in [0.25, 0.3) is 0 Å². The molecule has 0 radical (unpaired) electrons. The van der Waals surface area contributed by atoms with Crippen LogP contribution in [0.1, 0.15) is 36.7 Å². The van der Waals surface area contributed by atoms with E-state index in [9.17, 15) is 18.0 Å². The minimum Gasteiger partial charge on any atom is -0.449 e. The number of benzene rings is 2. The van der Waals surface area contributed by atoms with Crippen molar-refractivity contribution in [3.8, 4) is 0 Å². The molecule has 162 valence electrons. The molecule has 2 rings (SSSR count). The van der Waals surface area contributed by atoms with Gasteiger partial charge in [-0.3, -0.25) is 4.79 Å². The Labute approximate surface area is 182 Å². The largest absolute Gasteiger partial charge is 0.449 e. The number of amides is 1. The SMILES string of the molecule is CCN(CC)S(=O)(=O)c1ccc(Cl)c(C(=O)O[C@H](C)C(=O)Nc2ccccc2C)c1. The summed E-state index contributed by atoms with van der Waals surface area (Å²) in [6, 6.07) is 11.0. The lowest BCUT2D eigenvalue weighted by Gasteiger charge is -2.19. The highest BCUT2D eigenvalue weighted by molar-refractivity contribution is 7.89. The zero-order chi connectivity index (χ0) is 22.5. The summed E-state index contributed by atoms with van der Waals surface area (Å²) in [6.07, 6.45) is -1.11. The van der Waals surface area contributed by atoms with Gasteiger partial charge in [-0.05, 0) is 43.7 Å². The third kappa shape index (κ3) is 5.38. The van der Waals surface area contributed by atoms with Crippen molar-refractivity contribution < 1.29 is 22.7 Å². The molecule has 1 N–H and O–H groups in total. The first-order valence-corrected chi connectivity index (χ1v) is 11.3.